The first-order valence-electron chi connectivity index (χ1n) is 8.77. The monoisotopic (exact) mass is 414 g/mol. The predicted octanol–water partition coefficient (Wildman–Crippen LogP) is 1.55. The summed E-state index contributed by atoms with van der Waals surface area (Å²) in [6.07, 6.45) is 0.509. The fourth-order valence-corrected chi connectivity index (χ4v) is 4.07. The highest BCUT2D eigenvalue weighted by atomic mass is 35.5. The third-order valence-electron chi connectivity index (χ3n) is 4.53. The second kappa shape index (κ2) is 8.51. The number of aliphatic hydroxyl groups excluding tert-OH is 1. The number of anilines is 1. The molecule has 1 amide bonds. The second-order valence-corrected chi connectivity index (χ2v) is 7.74. The summed E-state index contributed by atoms with van der Waals surface area (Å²) >= 11 is 7.38. The van der Waals surface area contributed by atoms with E-state index in [2.05, 4.69) is 30.4 Å². The van der Waals surface area contributed by atoms with Gasteiger partial charge in [-0.2, -0.15) is 0 Å². The van der Waals surface area contributed by atoms with Crippen molar-refractivity contribution in [2.45, 2.75) is 44.9 Å². The molecular formula is C16H23ClN6O3S. The molecule has 1 aliphatic heterocycles. The Morgan fingerprint density at radius 3 is 2.93 bits per heavy atom. The lowest BCUT2D eigenvalue weighted by Crippen LogP contribution is -2.55. The van der Waals surface area contributed by atoms with Crippen LogP contribution in [-0.2, 0) is 11.2 Å². The summed E-state index contributed by atoms with van der Waals surface area (Å²) in [4.78, 5) is 21.6. The number of methoxy groups -OCH3 is 1. The van der Waals surface area contributed by atoms with Gasteiger partial charge >= 0.3 is 0 Å². The van der Waals surface area contributed by atoms with Crippen LogP contribution in [0.2, 0.25) is 5.15 Å². The molecular weight excluding hydrogens is 392 g/mol. The molecule has 2 aromatic heterocycles. The maximum atomic E-state index is 12.5. The molecule has 0 aromatic carbocycles. The number of halogens is 1. The van der Waals surface area contributed by atoms with Gasteiger partial charge in [-0.15, -0.1) is 10.2 Å². The van der Waals surface area contributed by atoms with E-state index in [4.69, 9.17) is 16.3 Å². The summed E-state index contributed by atoms with van der Waals surface area (Å²) in [5.41, 5.74) is 0.741. The lowest BCUT2D eigenvalue weighted by Gasteiger charge is -2.37. The summed E-state index contributed by atoms with van der Waals surface area (Å²) in [5, 5.41) is 22.4. The van der Waals surface area contributed by atoms with Crippen LogP contribution in [0.15, 0.2) is 0 Å². The largest absolute Gasteiger partial charge is 0.386 e. The molecule has 3 heterocycles. The fraction of sp³-hybridized carbons (Fsp3) is 0.625. The van der Waals surface area contributed by atoms with E-state index in [0.29, 0.717) is 36.1 Å². The van der Waals surface area contributed by atoms with Crippen molar-refractivity contribution < 1.29 is 14.6 Å². The number of aromatic nitrogens is 4. The predicted molar refractivity (Wildman–Crippen MR) is 102 cm³/mol. The molecule has 0 radical (unpaired) electrons. The van der Waals surface area contributed by atoms with E-state index in [0.717, 1.165) is 10.8 Å². The molecule has 1 saturated heterocycles. The van der Waals surface area contributed by atoms with Gasteiger partial charge in [-0.05, 0) is 19.8 Å². The van der Waals surface area contributed by atoms with Crippen molar-refractivity contribution in [3.05, 3.63) is 21.7 Å². The van der Waals surface area contributed by atoms with Crippen LogP contribution in [0.1, 0.15) is 47.7 Å². The molecule has 1 aliphatic rings. The van der Waals surface area contributed by atoms with E-state index in [-0.39, 0.29) is 23.9 Å². The molecule has 0 unspecified atom stereocenters. The van der Waals surface area contributed by atoms with Crippen LogP contribution in [0.3, 0.4) is 0 Å². The highest BCUT2D eigenvalue weighted by molar-refractivity contribution is 7.15. The van der Waals surface area contributed by atoms with E-state index in [1.807, 2.05) is 6.92 Å². The summed E-state index contributed by atoms with van der Waals surface area (Å²) in [6.45, 7) is 4.86. The molecule has 0 spiro atoms. The number of carbonyl (C=O) groups is 1. The quantitative estimate of drug-likeness (QED) is 0.656. The molecule has 3 rings (SSSR count). The van der Waals surface area contributed by atoms with Gasteiger partial charge in [-0.25, -0.2) is 4.98 Å². The molecule has 11 heteroatoms. The van der Waals surface area contributed by atoms with Crippen LogP contribution in [0.4, 0.5) is 5.13 Å². The lowest BCUT2D eigenvalue weighted by atomic mass is 10.0. The zero-order chi connectivity index (χ0) is 19.6. The van der Waals surface area contributed by atoms with Gasteiger partial charge in [0, 0.05) is 20.2 Å². The normalized spacial score (nSPS) is 21.3. The SMILES string of the molecule is CCc1[nH]c(C(=O)N[C@@H]2CCN(c3nnc([C@H](C)O)s3)C[C@@H]2OC)nc1Cl. The minimum absolute atomic E-state index is 0.156. The Kier molecular flexibility index (Phi) is 6.30. The van der Waals surface area contributed by atoms with Crippen molar-refractivity contribution in [2.24, 2.45) is 0 Å². The van der Waals surface area contributed by atoms with Crippen molar-refractivity contribution >= 4 is 34.0 Å². The van der Waals surface area contributed by atoms with Gasteiger partial charge in [0.1, 0.15) is 11.1 Å². The number of nitrogens with zero attached hydrogens (tertiary/aromatic N) is 4. The van der Waals surface area contributed by atoms with E-state index in [1.165, 1.54) is 11.3 Å². The smallest absolute Gasteiger partial charge is 0.287 e. The average Bonchev–Trinajstić information content (AvgIpc) is 3.29. The third kappa shape index (κ3) is 4.40. The zero-order valence-corrected chi connectivity index (χ0v) is 17.0. The molecule has 9 nitrogen and oxygen atoms in total. The first kappa shape index (κ1) is 20.0. The first-order valence-corrected chi connectivity index (χ1v) is 9.96. The zero-order valence-electron chi connectivity index (χ0n) is 15.4. The first-order chi connectivity index (χ1) is 12.9. The second-order valence-electron chi connectivity index (χ2n) is 6.40. The van der Waals surface area contributed by atoms with E-state index < -0.39 is 6.10 Å². The Hall–Kier alpha value is -1.75. The van der Waals surface area contributed by atoms with Crippen LogP contribution in [-0.4, -0.2) is 63.5 Å². The van der Waals surface area contributed by atoms with E-state index >= 15 is 0 Å². The third-order valence-corrected chi connectivity index (χ3v) is 6.00. The van der Waals surface area contributed by atoms with Gasteiger partial charge in [-0.3, -0.25) is 4.79 Å². The number of hydrogen-bond acceptors (Lipinski definition) is 8. The number of imidazole rings is 1. The Morgan fingerprint density at radius 1 is 1.56 bits per heavy atom. The average molecular weight is 415 g/mol. The molecule has 0 aliphatic carbocycles. The minimum atomic E-state index is -0.639. The van der Waals surface area contributed by atoms with E-state index in [9.17, 15) is 9.90 Å². The fourth-order valence-electron chi connectivity index (χ4n) is 2.98. The Morgan fingerprint density at radius 2 is 2.33 bits per heavy atom. The van der Waals surface area contributed by atoms with Crippen LogP contribution in [0.5, 0.6) is 0 Å². The molecule has 148 valence electrons. The number of carbonyl (C=O) groups excluding carboxylic acids is 1. The molecule has 0 saturated carbocycles. The maximum absolute atomic E-state index is 12.5. The number of aryl methyl sites for hydroxylation is 1. The number of amides is 1. The molecule has 3 atom stereocenters. The molecule has 1 fully saturated rings. The van der Waals surface area contributed by atoms with Gasteiger partial charge in [0.2, 0.25) is 5.13 Å². The van der Waals surface area contributed by atoms with Crippen molar-refractivity contribution in [1.82, 2.24) is 25.5 Å². The Labute approximate surface area is 166 Å². The molecule has 2 aromatic rings. The Balaban J connectivity index is 1.64. The maximum Gasteiger partial charge on any atom is 0.287 e. The van der Waals surface area contributed by atoms with Gasteiger partial charge in [0.15, 0.2) is 11.0 Å². The molecule has 27 heavy (non-hydrogen) atoms. The van der Waals surface area contributed by atoms with Crippen LogP contribution in [0, 0.1) is 0 Å². The van der Waals surface area contributed by atoms with Crippen molar-refractivity contribution in [1.29, 1.82) is 0 Å². The lowest BCUT2D eigenvalue weighted by molar-refractivity contribution is 0.0538. The van der Waals surface area contributed by atoms with Gasteiger partial charge in [0.05, 0.1) is 17.8 Å². The van der Waals surface area contributed by atoms with E-state index in [1.54, 1.807) is 14.0 Å². The summed E-state index contributed by atoms with van der Waals surface area (Å²) in [6, 6.07) is -0.156. The number of aromatic amines is 1. The van der Waals surface area contributed by atoms with Gasteiger partial charge in [-0.1, -0.05) is 29.9 Å². The summed E-state index contributed by atoms with van der Waals surface area (Å²) in [7, 11) is 1.62. The number of aliphatic hydroxyl groups is 1. The van der Waals surface area contributed by atoms with Crippen LogP contribution < -0.4 is 10.2 Å². The highest BCUT2D eigenvalue weighted by Gasteiger charge is 2.33. The topological polar surface area (TPSA) is 116 Å². The van der Waals surface area contributed by atoms with Crippen molar-refractivity contribution in [2.75, 3.05) is 25.1 Å². The van der Waals surface area contributed by atoms with Crippen LogP contribution >= 0.6 is 22.9 Å². The number of nitrogens with one attached hydrogen (secondary N) is 2. The number of rotatable bonds is 6. The van der Waals surface area contributed by atoms with Crippen LogP contribution in [0.25, 0.3) is 0 Å². The standard InChI is InChI=1S/C16H23ClN6O3S/c1-4-9-12(17)20-13(18-9)14(25)19-10-5-6-23(7-11(10)26-3)16-22-21-15(27-16)8(2)24/h8,10-11,24H,4-7H2,1-3H3,(H,18,20)(H,19,25)/t8-,10+,11-/m0/s1. The van der Waals surface area contributed by atoms with Crippen molar-refractivity contribution in [3.63, 3.8) is 0 Å². The minimum Gasteiger partial charge on any atom is -0.386 e. The Bertz CT molecular complexity index is 795. The van der Waals surface area contributed by atoms with Gasteiger partial charge in [0.25, 0.3) is 5.91 Å². The number of ether oxygens (including phenoxy) is 1. The molecule has 0 bridgehead atoms. The van der Waals surface area contributed by atoms with Gasteiger partial charge < -0.3 is 25.0 Å². The highest BCUT2D eigenvalue weighted by Crippen LogP contribution is 2.27. The number of piperidine rings is 1. The number of H-pyrrole nitrogens is 1. The number of hydrogen-bond donors (Lipinski definition) is 3. The molecule has 3 N–H and O–H groups in total. The summed E-state index contributed by atoms with van der Waals surface area (Å²) < 4.78 is 5.59. The summed E-state index contributed by atoms with van der Waals surface area (Å²) in [5.74, 6) is -0.0933. The van der Waals surface area contributed by atoms with Crippen molar-refractivity contribution in [3.8, 4) is 0 Å².